The Bertz CT molecular complexity index is 1090. The average molecular weight is 374 g/mol. The summed E-state index contributed by atoms with van der Waals surface area (Å²) < 4.78 is 7.11. The van der Waals surface area contributed by atoms with Crippen molar-refractivity contribution < 1.29 is 9.53 Å². The third-order valence-corrected chi connectivity index (χ3v) is 4.23. The Labute approximate surface area is 153 Å². The van der Waals surface area contributed by atoms with E-state index in [1.807, 2.05) is 0 Å². The van der Waals surface area contributed by atoms with Gasteiger partial charge in [-0.3, -0.25) is 18.7 Å². The van der Waals surface area contributed by atoms with Crippen molar-refractivity contribution in [1.82, 2.24) is 14.1 Å². The van der Waals surface area contributed by atoms with Gasteiger partial charge in [0.25, 0.3) is 5.56 Å². The first-order valence-electron chi connectivity index (χ1n) is 8.00. The molecule has 0 fully saturated rings. The second-order valence-corrected chi connectivity index (χ2v) is 5.94. The van der Waals surface area contributed by atoms with Crippen LogP contribution in [-0.2, 0) is 22.6 Å². The van der Waals surface area contributed by atoms with Crippen LogP contribution in [0.4, 0.5) is 0 Å². The van der Waals surface area contributed by atoms with Crippen molar-refractivity contribution in [1.29, 1.82) is 0 Å². The van der Waals surface area contributed by atoms with Crippen molar-refractivity contribution >= 4 is 28.6 Å². The van der Waals surface area contributed by atoms with E-state index in [2.05, 4.69) is 4.98 Å². The second kappa shape index (κ2) is 7.53. The van der Waals surface area contributed by atoms with E-state index < -0.39 is 17.2 Å². The molecule has 2 heterocycles. The predicted octanol–water partition coefficient (Wildman–Crippen LogP) is 1.82. The van der Waals surface area contributed by atoms with Crippen LogP contribution in [0, 0.1) is 0 Å². The fraction of sp³-hybridized carbons (Fsp3) is 0.222. The van der Waals surface area contributed by atoms with Gasteiger partial charge in [-0.1, -0.05) is 29.8 Å². The van der Waals surface area contributed by atoms with Crippen molar-refractivity contribution in [2.45, 2.75) is 20.0 Å². The molecule has 7 nitrogen and oxygen atoms in total. The molecule has 0 atom stereocenters. The van der Waals surface area contributed by atoms with E-state index >= 15 is 0 Å². The maximum Gasteiger partial charge on any atom is 0.333 e. The molecule has 0 aliphatic rings. The Morgan fingerprint density at radius 1 is 1.15 bits per heavy atom. The van der Waals surface area contributed by atoms with Crippen LogP contribution in [0.15, 0.2) is 52.2 Å². The molecule has 1 aromatic carbocycles. The number of fused-ring (bicyclic) bond motifs is 1. The van der Waals surface area contributed by atoms with Gasteiger partial charge in [-0.15, -0.1) is 0 Å². The molecule has 0 radical (unpaired) electrons. The lowest BCUT2D eigenvalue weighted by Gasteiger charge is -2.13. The standard InChI is InChI=1S/C18H16ClN3O4/c1-2-26-15(23)11-21-16-13(7-5-9-20-16)17(24)22(18(21)25)10-12-6-3-4-8-14(12)19/h3-9H,2,10-11H2,1H3. The number of esters is 1. The van der Waals surface area contributed by atoms with Crippen molar-refractivity contribution in [2.24, 2.45) is 0 Å². The highest BCUT2D eigenvalue weighted by atomic mass is 35.5. The van der Waals surface area contributed by atoms with E-state index in [0.717, 1.165) is 9.13 Å². The quantitative estimate of drug-likeness (QED) is 0.637. The fourth-order valence-electron chi connectivity index (χ4n) is 2.66. The fourth-order valence-corrected chi connectivity index (χ4v) is 2.86. The second-order valence-electron chi connectivity index (χ2n) is 5.53. The van der Waals surface area contributed by atoms with Crippen LogP contribution in [0.1, 0.15) is 12.5 Å². The van der Waals surface area contributed by atoms with Crippen molar-refractivity contribution in [2.75, 3.05) is 6.61 Å². The zero-order chi connectivity index (χ0) is 18.7. The summed E-state index contributed by atoms with van der Waals surface area (Å²) in [6, 6.07) is 10.1. The van der Waals surface area contributed by atoms with Gasteiger partial charge in [-0.05, 0) is 30.7 Å². The molecule has 3 rings (SSSR count). The zero-order valence-electron chi connectivity index (χ0n) is 14.0. The Kier molecular flexibility index (Phi) is 5.18. The lowest BCUT2D eigenvalue weighted by atomic mass is 10.2. The van der Waals surface area contributed by atoms with Gasteiger partial charge in [0.15, 0.2) is 0 Å². The smallest absolute Gasteiger partial charge is 0.333 e. The molecule has 0 N–H and O–H groups in total. The molecule has 0 bridgehead atoms. The van der Waals surface area contributed by atoms with Gasteiger partial charge < -0.3 is 4.74 Å². The largest absolute Gasteiger partial charge is 0.465 e. The number of hydrogen-bond acceptors (Lipinski definition) is 5. The Morgan fingerprint density at radius 2 is 1.92 bits per heavy atom. The minimum atomic E-state index is -0.644. The van der Waals surface area contributed by atoms with Gasteiger partial charge in [-0.2, -0.15) is 0 Å². The maximum absolute atomic E-state index is 12.9. The minimum absolute atomic E-state index is 0.00893. The highest BCUT2D eigenvalue weighted by Crippen LogP contribution is 2.15. The monoisotopic (exact) mass is 373 g/mol. The van der Waals surface area contributed by atoms with Gasteiger partial charge in [0.05, 0.1) is 18.5 Å². The van der Waals surface area contributed by atoms with E-state index in [1.165, 1.54) is 6.20 Å². The summed E-state index contributed by atoms with van der Waals surface area (Å²) in [4.78, 5) is 41.7. The first kappa shape index (κ1) is 17.9. The van der Waals surface area contributed by atoms with Gasteiger partial charge >= 0.3 is 11.7 Å². The normalized spacial score (nSPS) is 10.8. The number of ether oxygens (including phenoxy) is 1. The van der Waals surface area contributed by atoms with E-state index in [-0.39, 0.29) is 30.7 Å². The lowest BCUT2D eigenvalue weighted by Crippen LogP contribution is -2.41. The number of rotatable bonds is 5. The van der Waals surface area contributed by atoms with Crippen LogP contribution in [0.25, 0.3) is 11.0 Å². The number of pyridine rings is 1. The van der Waals surface area contributed by atoms with Crippen LogP contribution in [0.5, 0.6) is 0 Å². The number of carbonyl (C=O) groups excluding carboxylic acids is 1. The van der Waals surface area contributed by atoms with Crippen LogP contribution in [0.3, 0.4) is 0 Å². The number of aromatic nitrogens is 3. The van der Waals surface area contributed by atoms with Gasteiger partial charge in [0.2, 0.25) is 0 Å². The van der Waals surface area contributed by atoms with E-state index in [4.69, 9.17) is 16.3 Å². The summed E-state index contributed by atoms with van der Waals surface area (Å²) in [5.41, 5.74) is -0.363. The molecule has 0 amide bonds. The van der Waals surface area contributed by atoms with E-state index in [9.17, 15) is 14.4 Å². The molecule has 3 aromatic rings. The Morgan fingerprint density at radius 3 is 2.65 bits per heavy atom. The molecular formula is C18H16ClN3O4. The average Bonchev–Trinajstić information content (AvgIpc) is 2.64. The summed E-state index contributed by atoms with van der Waals surface area (Å²) in [6.45, 7) is 1.53. The topological polar surface area (TPSA) is 83.2 Å². The molecule has 0 aliphatic carbocycles. The third-order valence-electron chi connectivity index (χ3n) is 3.86. The van der Waals surface area contributed by atoms with Crippen LogP contribution < -0.4 is 11.2 Å². The summed E-state index contributed by atoms with van der Waals surface area (Å²) in [6.07, 6.45) is 1.46. The zero-order valence-corrected chi connectivity index (χ0v) is 14.8. The molecular weight excluding hydrogens is 358 g/mol. The van der Waals surface area contributed by atoms with Crippen LogP contribution >= 0.6 is 11.6 Å². The van der Waals surface area contributed by atoms with Crippen molar-refractivity contribution in [3.8, 4) is 0 Å². The number of halogens is 1. The minimum Gasteiger partial charge on any atom is -0.465 e. The van der Waals surface area contributed by atoms with Crippen molar-refractivity contribution in [3.63, 3.8) is 0 Å². The molecule has 0 unspecified atom stereocenters. The highest BCUT2D eigenvalue weighted by molar-refractivity contribution is 6.31. The number of hydrogen-bond donors (Lipinski definition) is 0. The van der Waals surface area contributed by atoms with Gasteiger partial charge in [0, 0.05) is 11.2 Å². The molecule has 8 heteroatoms. The lowest BCUT2D eigenvalue weighted by molar-refractivity contribution is -0.143. The number of nitrogens with zero attached hydrogens (tertiary/aromatic N) is 3. The maximum atomic E-state index is 12.9. The summed E-state index contributed by atoms with van der Waals surface area (Å²) in [7, 11) is 0. The van der Waals surface area contributed by atoms with Crippen LogP contribution in [-0.4, -0.2) is 26.7 Å². The van der Waals surface area contributed by atoms with E-state index in [0.29, 0.717) is 10.6 Å². The van der Waals surface area contributed by atoms with Crippen LogP contribution in [0.2, 0.25) is 5.02 Å². The summed E-state index contributed by atoms with van der Waals surface area (Å²) >= 11 is 6.15. The number of carbonyl (C=O) groups is 1. The Hall–Kier alpha value is -2.93. The predicted molar refractivity (Wildman–Crippen MR) is 97.5 cm³/mol. The molecule has 2 aromatic heterocycles. The molecule has 26 heavy (non-hydrogen) atoms. The van der Waals surface area contributed by atoms with Gasteiger partial charge in [0.1, 0.15) is 12.2 Å². The van der Waals surface area contributed by atoms with E-state index in [1.54, 1.807) is 43.3 Å². The summed E-state index contributed by atoms with van der Waals surface area (Å²) in [5, 5.41) is 0.686. The molecule has 0 spiro atoms. The highest BCUT2D eigenvalue weighted by Gasteiger charge is 2.17. The summed E-state index contributed by atoms with van der Waals surface area (Å²) in [5.74, 6) is -0.579. The third kappa shape index (κ3) is 3.39. The SMILES string of the molecule is CCOC(=O)Cn1c(=O)n(Cc2ccccc2Cl)c(=O)c2cccnc21. The number of benzene rings is 1. The first-order chi connectivity index (χ1) is 12.5. The molecule has 0 aliphatic heterocycles. The molecule has 0 saturated carbocycles. The molecule has 134 valence electrons. The first-order valence-corrected chi connectivity index (χ1v) is 8.38. The molecule has 0 saturated heterocycles. The van der Waals surface area contributed by atoms with Gasteiger partial charge in [-0.25, -0.2) is 9.78 Å². The Balaban J connectivity index is 2.20. The van der Waals surface area contributed by atoms with Crippen molar-refractivity contribution in [3.05, 3.63) is 74.0 Å².